The molecule has 0 radical (unpaired) electrons. The van der Waals surface area contributed by atoms with Gasteiger partial charge in [-0.2, -0.15) is 0 Å². The maximum absolute atomic E-state index is 5.31. The van der Waals surface area contributed by atoms with Crippen LogP contribution in [0.15, 0.2) is 59.1 Å². The van der Waals surface area contributed by atoms with E-state index >= 15 is 0 Å². The first-order valence-corrected chi connectivity index (χ1v) is 8.09. The van der Waals surface area contributed by atoms with Crippen LogP contribution in [-0.2, 0) is 0 Å². The summed E-state index contributed by atoms with van der Waals surface area (Å²) in [6.07, 6.45) is 4.14. The summed E-state index contributed by atoms with van der Waals surface area (Å²) in [5.74, 6) is 1.56. The normalized spacial score (nSPS) is 11.1. The molecule has 0 aliphatic carbocycles. The fraction of sp³-hybridized carbons (Fsp3) is 0.100. The summed E-state index contributed by atoms with van der Waals surface area (Å²) in [5, 5.41) is 2.43. The molecule has 0 unspecified atom stereocenters. The molecule has 0 aliphatic heterocycles. The zero-order valence-corrected chi connectivity index (χ0v) is 14.6. The topological polar surface area (TPSA) is 18.5 Å². The van der Waals surface area contributed by atoms with Crippen molar-refractivity contribution in [3.8, 4) is 11.5 Å². The first-order valence-electron chi connectivity index (χ1n) is 7.29. The quantitative estimate of drug-likeness (QED) is 0.542. The molecule has 0 spiro atoms. The number of hydrogen-bond acceptors (Lipinski definition) is 2. The third kappa shape index (κ3) is 3.40. The third-order valence-corrected chi connectivity index (χ3v) is 4.61. The van der Waals surface area contributed by atoms with E-state index in [1.54, 1.807) is 14.2 Å². The average Bonchev–Trinajstić information content (AvgIpc) is 2.61. The van der Waals surface area contributed by atoms with Gasteiger partial charge in [0.15, 0.2) is 0 Å². The van der Waals surface area contributed by atoms with E-state index in [9.17, 15) is 0 Å². The van der Waals surface area contributed by atoms with Crippen molar-refractivity contribution in [1.29, 1.82) is 0 Å². The van der Waals surface area contributed by atoms with E-state index < -0.39 is 0 Å². The zero-order valence-electron chi connectivity index (χ0n) is 13.0. The summed E-state index contributed by atoms with van der Waals surface area (Å²) in [6.45, 7) is 0. The SMILES string of the molecule is COc1cc(/C=C/c2ccc3ccccc3c2Br)cc(OC)c1. The molecule has 0 N–H and O–H groups in total. The lowest BCUT2D eigenvalue weighted by Crippen LogP contribution is -1.88. The van der Waals surface area contributed by atoms with Crippen LogP contribution >= 0.6 is 15.9 Å². The van der Waals surface area contributed by atoms with Crippen LogP contribution in [0.4, 0.5) is 0 Å². The molecule has 0 fully saturated rings. The van der Waals surface area contributed by atoms with E-state index in [0.717, 1.165) is 27.1 Å². The van der Waals surface area contributed by atoms with Crippen LogP contribution in [0.3, 0.4) is 0 Å². The fourth-order valence-electron chi connectivity index (χ4n) is 2.49. The van der Waals surface area contributed by atoms with Crippen LogP contribution in [-0.4, -0.2) is 14.2 Å². The number of benzene rings is 3. The maximum Gasteiger partial charge on any atom is 0.123 e. The Morgan fingerprint density at radius 2 is 1.52 bits per heavy atom. The Morgan fingerprint density at radius 1 is 0.826 bits per heavy atom. The van der Waals surface area contributed by atoms with E-state index in [4.69, 9.17) is 9.47 Å². The van der Waals surface area contributed by atoms with Crippen molar-refractivity contribution in [2.45, 2.75) is 0 Å². The van der Waals surface area contributed by atoms with Crippen molar-refractivity contribution in [2.24, 2.45) is 0 Å². The van der Waals surface area contributed by atoms with Gasteiger partial charge >= 0.3 is 0 Å². The summed E-state index contributed by atoms with van der Waals surface area (Å²) in [7, 11) is 3.31. The number of ether oxygens (including phenoxy) is 2. The lowest BCUT2D eigenvalue weighted by Gasteiger charge is -2.07. The molecule has 0 heterocycles. The Kier molecular flexibility index (Phi) is 4.68. The molecule has 3 aromatic carbocycles. The summed E-state index contributed by atoms with van der Waals surface area (Å²) in [6, 6.07) is 18.4. The van der Waals surface area contributed by atoms with Gasteiger partial charge in [-0.1, -0.05) is 48.6 Å². The van der Waals surface area contributed by atoms with Gasteiger partial charge in [0.1, 0.15) is 11.5 Å². The Balaban J connectivity index is 1.98. The summed E-state index contributed by atoms with van der Waals surface area (Å²) in [5.41, 5.74) is 2.16. The van der Waals surface area contributed by atoms with Gasteiger partial charge in [-0.3, -0.25) is 0 Å². The highest BCUT2D eigenvalue weighted by molar-refractivity contribution is 9.10. The second-order valence-electron chi connectivity index (χ2n) is 5.17. The van der Waals surface area contributed by atoms with Crippen molar-refractivity contribution in [2.75, 3.05) is 14.2 Å². The molecule has 0 bridgehead atoms. The predicted octanol–water partition coefficient (Wildman–Crippen LogP) is 5.79. The fourth-order valence-corrected chi connectivity index (χ4v) is 3.12. The van der Waals surface area contributed by atoms with E-state index in [2.05, 4.69) is 52.3 Å². The van der Waals surface area contributed by atoms with E-state index in [1.807, 2.05) is 30.3 Å². The Morgan fingerprint density at radius 3 is 2.22 bits per heavy atom. The average molecular weight is 369 g/mol. The molecule has 0 saturated heterocycles. The van der Waals surface area contributed by atoms with Crippen LogP contribution in [0, 0.1) is 0 Å². The Hall–Kier alpha value is -2.26. The Bertz CT molecular complexity index is 846. The minimum absolute atomic E-state index is 0.779. The first kappa shape index (κ1) is 15.6. The minimum atomic E-state index is 0.779. The summed E-state index contributed by atoms with van der Waals surface area (Å²) in [4.78, 5) is 0. The van der Waals surface area contributed by atoms with Gasteiger partial charge in [-0.15, -0.1) is 0 Å². The third-order valence-electron chi connectivity index (χ3n) is 3.72. The molecule has 3 rings (SSSR count). The number of methoxy groups -OCH3 is 2. The van der Waals surface area contributed by atoms with E-state index in [-0.39, 0.29) is 0 Å². The van der Waals surface area contributed by atoms with Crippen LogP contribution < -0.4 is 9.47 Å². The largest absolute Gasteiger partial charge is 0.497 e. The van der Waals surface area contributed by atoms with Gasteiger partial charge in [-0.25, -0.2) is 0 Å². The molecular formula is C20H17BrO2. The molecule has 0 aliphatic rings. The van der Waals surface area contributed by atoms with Crippen molar-refractivity contribution < 1.29 is 9.47 Å². The highest BCUT2D eigenvalue weighted by Crippen LogP contribution is 2.30. The number of rotatable bonds is 4. The van der Waals surface area contributed by atoms with Crippen molar-refractivity contribution >= 4 is 38.9 Å². The van der Waals surface area contributed by atoms with Gasteiger partial charge < -0.3 is 9.47 Å². The van der Waals surface area contributed by atoms with E-state index in [0.29, 0.717) is 0 Å². The molecule has 2 nitrogen and oxygen atoms in total. The first-order chi connectivity index (χ1) is 11.2. The number of halogens is 1. The molecule has 0 saturated carbocycles. The molecule has 0 atom stereocenters. The Labute approximate surface area is 144 Å². The van der Waals surface area contributed by atoms with Crippen LogP contribution in [0.2, 0.25) is 0 Å². The van der Waals surface area contributed by atoms with Gasteiger partial charge in [0.05, 0.1) is 14.2 Å². The standard InChI is InChI=1S/C20H17BrO2/c1-22-17-11-14(12-18(13-17)23-2)7-8-16-10-9-15-5-3-4-6-19(15)20(16)21/h3-13H,1-2H3/b8-7+. The smallest absolute Gasteiger partial charge is 0.123 e. The predicted molar refractivity (Wildman–Crippen MR) is 100 cm³/mol. The molecular weight excluding hydrogens is 352 g/mol. The van der Waals surface area contributed by atoms with Gasteiger partial charge in [0.25, 0.3) is 0 Å². The van der Waals surface area contributed by atoms with Crippen LogP contribution in [0.5, 0.6) is 11.5 Å². The van der Waals surface area contributed by atoms with Gasteiger partial charge in [-0.05, 0) is 50.0 Å². The number of fused-ring (bicyclic) bond motifs is 1. The monoisotopic (exact) mass is 368 g/mol. The minimum Gasteiger partial charge on any atom is -0.497 e. The molecule has 3 heteroatoms. The van der Waals surface area contributed by atoms with Crippen LogP contribution in [0.1, 0.15) is 11.1 Å². The second kappa shape index (κ2) is 6.88. The van der Waals surface area contributed by atoms with Crippen LogP contribution in [0.25, 0.3) is 22.9 Å². The highest BCUT2D eigenvalue weighted by atomic mass is 79.9. The van der Waals surface area contributed by atoms with Gasteiger partial charge in [0, 0.05) is 10.5 Å². The summed E-state index contributed by atoms with van der Waals surface area (Å²) >= 11 is 3.71. The lowest BCUT2D eigenvalue weighted by atomic mass is 10.1. The van der Waals surface area contributed by atoms with E-state index in [1.165, 1.54) is 10.8 Å². The van der Waals surface area contributed by atoms with Gasteiger partial charge in [0.2, 0.25) is 0 Å². The van der Waals surface area contributed by atoms with Crippen molar-refractivity contribution in [1.82, 2.24) is 0 Å². The lowest BCUT2D eigenvalue weighted by molar-refractivity contribution is 0.394. The highest BCUT2D eigenvalue weighted by Gasteiger charge is 2.03. The zero-order chi connectivity index (χ0) is 16.2. The van der Waals surface area contributed by atoms with Crippen molar-refractivity contribution in [3.63, 3.8) is 0 Å². The number of hydrogen-bond donors (Lipinski definition) is 0. The molecule has 0 aromatic heterocycles. The molecule has 0 amide bonds. The molecule has 23 heavy (non-hydrogen) atoms. The maximum atomic E-state index is 5.31. The summed E-state index contributed by atoms with van der Waals surface area (Å²) < 4.78 is 11.7. The molecule has 116 valence electrons. The van der Waals surface area contributed by atoms with Crippen molar-refractivity contribution in [3.05, 3.63) is 70.2 Å². The second-order valence-corrected chi connectivity index (χ2v) is 5.96. The molecule has 3 aromatic rings.